The van der Waals surface area contributed by atoms with Gasteiger partial charge in [0.25, 0.3) is 0 Å². The lowest BCUT2D eigenvalue weighted by Gasteiger charge is -2.19. The van der Waals surface area contributed by atoms with Gasteiger partial charge in [-0.05, 0) is 0 Å². The van der Waals surface area contributed by atoms with E-state index in [0.717, 1.165) is 0 Å². The van der Waals surface area contributed by atoms with E-state index in [9.17, 15) is 13.2 Å². The van der Waals surface area contributed by atoms with Crippen LogP contribution in [0.2, 0.25) is 0 Å². The Morgan fingerprint density at radius 2 is 1.87 bits per heavy atom. The highest BCUT2D eigenvalue weighted by atomic mass is 19.4. The summed E-state index contributed by atoms with van der Waals surface area (Å²) < 4.78 is 37.5. The van der Waals surface area contributed by atoms with Gasteiger partial charge in [0.05, 0.1) is 5.57 Å². The molecule has 3 nitrogen and oxygen atoms in total. The van der Waals surface area contributed by atoms with E-state index in [1.807, 2.05) is 0 Å². The Bertz CT molecular complexity index is 341. The number of amidine groups is 1. The van der Waals surface area contributed by atoms with Crippen LogP contribution >= 0.6 is 0 Å². The fourth-order valence-corrected chi connectivity index (χ4v) is 1.31. The molecule has 15 heavy (non-hydrogen) atoms. The molecule has 2 atom stereocenters. The smallest absolute Gasteiger partial charge is 0.401 e. The van der Waals surface area contributed by atoms with Gasteiger partial charge in [-0.1, -0.05) is 13.8 Å². The molecule has 0 amide bonds. The Labute approximate surface area is 85.4 Å². The van der Waals surface area contributed by atoms with E-state index in [0.29, 0.717) is 6.21 Å². The van der Waals surface area contributed by atoms with Gasteiger partial charge < -0.3 is 5.73 Å². The van der Waals surface area contributed by atoms with E-state index in [4.69, 9.17) is 11.1 Å². The molecule has 3 N–H and O–H groups in total. The number of hydrogen-bond donors (Lipinski definition) is 2. The summed E-state index contributed by atoms with van der Waals surface area (Å²) in [6.45, 7) is 3.20. The Balaban J connectivity index is 3.23. The Hall–Kier alpha value is -1.33. The first-order valence-corrected chi connectivity index (χ1v) is 4.44. The minimum absolute atomic E-state index is 0.0790. The fourth-order valence-electron chi connectivity index (χ4n) is 1.31. The quantitative estimate of drug-likeness (QED) is 0.643. The summed E-state index contributed by atoms with van der Waals surface area (Å²) in [7, 11) is 0. The minimum Gasteiger partial charge on any atom is -0.401 e. The second-order valence-electron chi connectivity index (χ2n) is 3.59. The molecule has 6 heteroatoms. The molecule has 0 saturated heterocycles. The van der Waals surface area contributed by atoms with Gasteiger partial charge in [0.1, 0.15) is 5.84 Å². The lowest BCUT2D eigenvalue weighted by Crippen LogP contribution is -2.25. The van der Waals surface area contributed by atoms with Crippen LogP contribution in [0.4, 0.5) is 13.2 Å². The lowest BCUT2D eigenvalue weighted by atomic mass is 9.91. The Morgan fingerprint density at radius 1 is 1.33 bits per heavy atom. The van der Waals surface area contributed by atoms with Crippen molar-refractivity contribution in [1.82, 2.24) is 0 Å². The molecule has 84 valence electrons. The summed E-state index contributed by atoms with van der Waals surface area (Å²) in [4.78, 5) is 3.45. The van der Waals surface area contributed by atoms with Gasteiger partial charge in [-0.3, -0.25) is 5.41 Å². The van der Waals surface area contributed by atoms with E-state index in [2.05, 4.69) is 4.99 Å². The summed E-state index contributed by atoms with van der Waals surface area (Å²) in [5, 5.41) is 7.40. The normalized spacial score (nSPS) is 28.2. The standard InChI is InChI=1S/C9H12F3N3/c1-4-5(2)8(14)15-3-6(7(4)13)9(10,11)12/h3-5,14H,13H2,1-2H3. The number of allylic oxidation sites excluding steroid dienone is 2. The molecule has 0 aromatic carbocycles. The van der Waals surface area contributed by atoms with Crippen molar-refractivity contribution in [3.05, 3.63) is 11.3 Å². The van der Waals surface area contributed by atoms with Crippen molar-refractivity contribution in [2.24, 2.45) is 22.6 Å². The third-order valence-corrected chi connectivity index (χ3v) is 2.62. The first-order valence-electron chi connectivity index (χ1n) is 4.44. The average Bonchev–Trinajstić information content (AvgIpc) is 2.19. The summed E-state index contributed by atoms with van der Waals surface area (Å²) in [5.74, 6) is -1.01. The number of nitrogens with zero attached hydrogens (tertiary/aromatic N) is 1. The molecule has 1 rings (SSSR count). The third-order valence-electron chi connectivity index (χ3n) is 2.62. The average molecular weight is 219 g/mol. The topological polar surface area (TPSA) is 62.2 Å². The first-order chi connectivity index (χ1) is 6.75. The zero-order valence-electron chi connectivity index (χ0n) is 8.39. The Kier molecular flexibility index (Phi) is 2.88. The van der Waals surface area contributed by atoms with Crippen LogP contribution in [-0.4, -0.2) is 18.2 Å². The first kappa shape index (κ1) is 11.7. The number of rotatable bonds is 0. The van der Waals surface area contributed by atoms with E-state index < -0.39 is 23.6 Å². The second kappa shape index (κ2) is 3.67. The van der Waals surface area contributed by atoms with Crippen molar-refractivity contribution in [2.75, 3.05) is 0 Å². The molecule has 0 radical (unpaired) electrons. The van der Waals surface area contributed by atoms with Crippen molar-refractivity contribution in [3.63, 3.8) is 0 Å². The van der Waals surface area contributed by atoms with Crippen molar-refractivity contribution in [1.29, 1.82) is 5.41 Å². The molecule has 0 aromatic heterocycles. The molecule has 0 aromatic rings. The SMILES string of the molecule is CC1C(=N)N=CC(C(F)(F)F)=C(N)C1C. The van der Waals surface area contributed by atoms with Crippen molar-refractivity contribution >= 4 is 12.1 Å². The maximum absolute atomic E-state index is 12.5. The maximum atomic E-state index is 12.5. The van der Waals surface area contributed by atoms with Gasteiger partial charge in [0.2, 0.25) is 0 Å². The monoisotopic (exact) mass is 219 g/mol. The van der Waals surface area contributed by atoms with Gasteiger partial charge in [0.15, 0.2) is 0 Å². The van der Waals surface area contributed by atoms with Crippen LogP contribution in [0.25, 0.3) is 0 Å². The van der Waals surface area contributed by atoms with Crippen LogP contribution in [-0.2, 0) is 0 Å². The van der Waals surface area contributed by atoms with Gasteiger partial charge in [-0.2, -0.15) is 13.2 Å². The van der Waals surface area contributed by atoms with E-state index >= 15 is 0 Å². The summed E-state index contributed by atoms with van der Waals surface area (Å²) in [6.07, 6.45) is -3.87. The highest BCUT2D eigenvalue weighted by Gasteiger charge is 2.38. The van der Waals surface area contributed by atoms with Gasteiger partial charge >= 0.3 is 6.18 Å². The van der Waals surface area contributed by atoms with Crippen molar-refractivity contribution in [2.45, 2.75) is 20.0 Å². The van der Waals surface area contributed by atoms with Gasteiger partial charge in [0, 0.05) is 23.7 Å². The molecule has 0 bridgehead atoms. The van der Waals surface area contributed by atoms with Crippen LogP contribution in [0.1, 0.15) is 13.8 Å². The van der Waals surface area contributed by atoms with Gasteiger partial charge in [-0.15, -0.1) is 0 Å². The minimum atomic E-state index is -4.51. The van der Waals surface area contributed by atoms with Crippen molar-refractivity contribution in [3.8, 4) is 0 Å². The van der Waals surface area contributed by atoms with E-state index in [-0.39, 0.29) is 11.5 Å². The third kappa shape index (κ3) is 2.19. The van der Waals surface area contributed by atoms with E-state index in [1.54, 1.807) is 13.8 Å². The van der Waals surface area contributed by atoms with E-state index in [1.165, 1.54) is 0 Å². The molecule has 0 spiro atoms. The number of aliphatic imine (C=N–C) groups is 1. The summed E-state index contributed by atoms with van der Waals surface area (Å²) in [5.41, 5.74) is 4.24. The molecule has 0 aliphatic carbocycles. The van der Waals surface area contributed by atoms with Crippen LogP contribution in [0.3, 0.4) is 0 Å². The second-order valence-corrected chi connectivity index (χ2v) is 3.59. The molecule has 1 aliphatic heterocycles. The lowest BCUT2D eigenvalue weighted by molar-refractivity contribution is -0.0868. The molecule has 0 saturated carbocycles. The maximum Gasteiger partial charge on any atom is 0.419 e. The number of nitrogens with two attached hydrogens (primary N) is 1. The molecular weight excluding hydrogens is 207 g/mol. The van der Waals surface area contributed by atoms with Crippen LogP contribution in [0.5, 0.6) is 0 Å². The van der Waals surface area contributed by atoms with Crippen LogP contribution in [0.15, 0.2) is 16.3 Å². The zero-order chi connectivity index (χ0) is 11.8. The number of hydrogen-bond acceptors (Lipinski definition) is 2. The number of nitrogens with one attached hydrogen (secondary N) is 1. The predicted molar refractivity (Wildman–Crippen MR) is 51.8 cm³/mol. The molecular formula is C9H12F3N3. The molecule has 2 unspecified atom stereocenters. The molecule has 0 fully saturated rings. The zero-order valence-corrected chi connectivity index (χ0v) is 8.39. The highest BCUT2D eigenvalue weighted by Crippen LogP contribution is 2.32. The fraction of sp³-hybridized carbons (Fsp3) is 0.556. The summed E-state index contributed by atoms with van der Waals surface area (Å²) >= 11 is 0. The van der Waals surface area contributed by atoms with Crippen LogP contribution in [0, 0.1) is 17.2 Å². The van der Waals surface area contributed by atoms with Crippen molar-refractivity contribution < 1.29 is 13.2 Å². The molecule has 1 heterocycles. The van der Waals surface area contributed by atoms with Gasteiger partial charge in [-0.25, -0.2) is 4.99 Å². The highest BCUT2D eigenvalue weighted by molar-refractivity contribution is 5.96. The van der Waals surface area contributed by atoms with Crippen LogP contribution < -0.4 is 5.73 Å². The Morgan fingerprint density at radius 3 is 2.33 bits per heavy atom. The molecule has 1 aliphatic rings. The summed E-state index contributed by atoms with van der Waals surface area (Å²) in [6, 6.07) is 0. The number of alkyl halides is 3. The largest absolute Gasteiger partial charge is 0.419 e. The number of halogens is 3. The predicted octanol–water partition coefficient (Wildman–Crippen LogP) is 2.10.